The van der Waals surface area contributed by atoms with Crippen molar-refractivity contribution in [3.8, 4) is 5.75 Å². The van der Waals surface area contributed by atoms with Crippen molar-refractivity contribution < 1.29 is 9.13 Å². The highest BCUT2D eigenvalue weighted by Gasteiger charge is 2.15. The van der Waals surface area contributed by atoms with Crippen LogP contribution in [-0.4, -0.2) is 17.3 Å². The first kappa shape index (κ1) is 9.96. The van der Waals surface area contributed by atoms with Gasteiger partial charge in [0.15, 0.2) is 11.6 Å². The van der Waals surface area contributed by atoms with Crippen LogP contribution >= 0.6 is 0 Å². The van der Waals surface area contributed by atoms with Gasteiger partial charge in [0.1, 0.15) is 5.52 Å². The molecule has 0 saturated carbocycles. The first-order chi connectivity index (χ1) is 7.15. The first-order valence-electron chi connectivity index (χ1n) is 4.85. The Kier molecular flexibility index (Phi) is 2.34. The van der Waals surface area contributed by atoms with Crippen LogP contribution in [0.5, 0.6) is 5.75 Å². The summed E-state index contributed by atoms with van der Waals surface area (Å²) >= 11 is 0. The van der Waals surface area contributed by atoms with Gasteiger partial charge >= 0.3 is 0 Å². The molecular weight excluding hydrogens is 195 g/mol. The predicted molar refractivity (Wildman–Crippen MR) is 56.7 cm³/mol. The molecule has 0 atom stereocenters. The summed E-state index contributed by atoms with van der Waals surface area (Å²) in [7, 11) is 1.44. The molecule has 1 aromatic heterocycles. The number of halogens is 1. The Balaban J connectivity index is 2.70. The standard InChI is InChI=1S/C11H13FN2O/c1-6(2)10-7-4-5-8(15-3)9(12)11(7)14-13-10/h4-6H,1-3H3,(H,13,14). The summed E-state index contributed by atoms with van der Waals surface area (Å²) in [6.45, 7) is 4.07. The highest BCUT2D eigenvalue weighted by Crippen LogP contribution is 2.29. The maximum Gasteiger partial charge on any atom is 0.193 e. The van der Waals surface area contributed by atoms with Crippen LogP contribution in [0.4, 0.5) is 4.39 Å². The molecule has 0 aliphatic heterocycles. The normalized spacial score (nSPS) is 11.3. The van der Waals surface area contributed by atoms with E-state index in [2.05, 4.69) is 10.2 Å². The van der Waals surface area contributed by atoms with Crippen molar-refractivity contribution in [3.05, 3.63) is 23.6 Å². The molecule has 0 saturated heterocycles. The van der Waals surface area contributed by atoms with E-state index in [-0.39, 0.29) is 5.75 Å². The van der Waals surface area contributed by atoms with E-state index < -0.39 is 5.82 Å². The molecule has 80 valence electrons. The molecule has 0 amide bonds. The molecule has 3 nitrogen and oxygen atoms in total. The number of nitrogens with zero attached hydrogens (tertiary/aromatic N) is 1. The van der Waals surface area contributed by atoms with Crippen LogP contribution in [0.2, 0.25) is 0 Å². The van der Waals surface area contributed by atoms with Gasteiger partial charge in [0.25, 0.3) is 0 Å². The molecule has 4 heteroatoms. The van der Waals surface area contributed by atoms with Gasteiger partial charge in [0.05, 0.1) is 7.11 Å². The van der Waals surface area contributed by atoms with Gasteiger partial charge in [-0.2, -0.15) is 5.10 Å². The van der Waals surface area contributed by atoms with Crippen LogP contribution in [-0.2, 0) is 0 Å². The Bertz CT molecular complexity index is 491. The highest BCUT2D eigenvalue weighted by molar-refractivity contribution is 5.83. The number of fused-ring (bicyclic) bond motifs is 1. The Labute approximate surface area is 87.2 Å². The number of methoxy groups -OCH3 is 1. The molecule has 1 N–H and O–H groups in total. The monoisotopic (exact) mass is 208 g/mol. The van der Waals surface area contributed by atoms with E-state index in [1.165, 1.54) is 7.11 Å². The predicted octanol–water partition coefficient (Wildman–Crippen LogP) is 2.83. The number of ether oxygens (including phenoxy) is 1. The fourth-order valence-electron chi connectivity index (χ4n) is 1.65. The summed E-state index contributed by atoms with van der Waals surface area (Å²) in [6.07, 6.45) is 0. The topological polar surface area (TPSA) is 37.9 Å². The molecule has 1 heterocycles. The molecule has 0 aliphatic rings. The summed E-state index contributed by atoms with van der Waals surface area (Å²) in [5.41, 5.74) is 1.30. The number of aromatic amines is 1. The zero-order chi connectivity index (χ0) is 11.0. The number of hydrogen-bond donors (Lipinski definition) is 1. The third-order valence-electron chi connectivity index (χ3n) is 2.46. The molecule has 0 unspecified atom stereocenters. The Morgan fingerprint density at radius 1 is 1.40 bits per heavy atom. The minimum atomic E-state index is -0.404. The van der Waals surface area contributed by atoms with Gasteiger partial charge in [-0.15, -0.1) is 0 Å². The lowest BCUT2D eigenvalue weighted by molar-refractivity contribution is 0.388. The van der Waals surface area contributed by atoms with Crippen molar-refractivity contribution in [1.82, 2.24) is 10.2 Å². The summed E-state index contributed by atoms with van der Waals surface area (Å²) < 4.78 is 18.6. The van der Waals surface area contributed by atoms with E-state index in [1.54, 1.807) is 6.07 Å². The SMILES string of the molecule is COc1ccc2c(C(C)C)[nH]nc2c1F. The Morgan fingerprint density at radius 3 is 2.73 bits per heavy atom. The van der Waals surface area contributed by atoms with Gasteiger partial charge in [-0.05, 0) is 18.1 Å². The lowest BCUT2D eigenvalue weighted by atomic mass is 10.1. The van der Waals surface area contributed by atoms with Gasteiger partial charge in [0.2, 0.25) is 0 Å². The van der Waals surface area contributed by atoms with Crippen LogP contribution in [0.25, 0.3) is 10.9 Å². The first-order valence-corrected chi connectivity index (χ1v) is 4.85. The third kappa shape index (κ3) is 1.46. The molecule has 2 aromatic rings. The number of H-pyrrole nitrogens is 1. The minimum absolute atomic E-state index is 0.226. The van der Waals surface area contributed by atoms with E-state index in [0.29, 0.717) is 11.4 Å². The molecule has 15 heavy (non-hydrogen) atoms. The average Bonchev–Trinajstić information content (AvgIpc) is 2.62. The van der Waals surface area contributed by atoms with Crippen LogP contribution in [0, 0.1) is 5.82 Å². The van der Waals surface area contributed by atoms with Crippen LogP contribution in [0.1, 0.15) is 25.5 Å². The zero-order valence-electron chi connectivity index (χ0n) is 8.97. The summed E-state index contributed by atoms with van der Waals surface area (Å²) in [6, 6.07) is 3.45. The summed E-state index contributed by atoms with van der Waals surface area (Å²) in [4.78, 5) is 0. The van der Waals surface area contributed by atoms with E-state index in [0.717, 1.165) is 11.1 Å². The number of benzene rings is 1. The lowest BCUT2D eigenvalue weighted by Gasteiger charge is -2.03. The van der Waals surface area contributed by atoms with Crippen molar-refractivity contribution in [3.63, 3.8) is 0 Å². The number of hydrogen-bond acceptors (Lipinski definition) is 2. The van der Waals surface area contributed by atoms with Crippen molar-refractivity contribution in [2.45, 2.75) is 19.8 Å². The molecule has 0 fully saturated rings. The van der Waals surface area contributed by atoms with Gasteiger partial charge in [-0.1, -0.05) is 13.8 Å². The average molecular weight is 208 g/mol. The number of rotatable bonds is 2. The zero-order valence-corrected chi connectivity index (χ0v) is 8.97. The second-order valence-electron chi connectivity index (χ2n) is 3.77. The molecule has 1 aromatic carbocycles. The van der Waals surface area contributed by atoms with Gasteiger partial charge in [0, 0.05) is 11.1 Å². The van der Waals surface area contributed by atoms with Crippen molar-refractivity contribution in [2.75, 3.05) is 7.11 Å². The fourth-order valence-corrected chi connectivity index (χ4v) is 1.65. The van der Waals surface area contributed by atoms with E-state index in [1.807, 2.05) is 19.9 Å². The molecule has 0 bridgehead atoms. The van der Waals surface area contributed by atoms with Crippen molar-refractivity contribution >= 4 is 10.9 Å². The summed E-state index contributed by atoms with van der Waals surface area (Å²) in [5.74, 6) is 0.116. The Hall–Kier alpha value is -1.58. The molecular formula is C11H13FN2O. The molecule has 0 radical (unpaired) electrons. The second kappa shape index (κ2) is 3.53. The van der Waals surface area contributed by atoms with Crippen LogP contribution in [0.3, 0.4) is 0 Å². The minimum Gasteiger partial charge on any atom is -0.494 e. The van der Waals surface area contributed by atoms with Gasteiger partial charge < -0.3 is 4.74 Å². The highest BCUT2D eigenvalue weighted by atomic mass is 19.1. The lowest BCUT2D eigenvalue weighted by Crippen LogP contribution is -1.90. The Morgan fingerprint density at radius 2 is 2.13 bits per heavy atom. The van der Waals surface area contributed by atoms with Crippen molar-refractivity contribution in [2.24, 2.45) is 0 Å². The van der Waals surface area contributed by atoms with Crippen LogP contribution < -0.4 is 4.74 Å². The molecule has 0 spiro atoms. The third-order valence-corrected chi connectivity index (χ3v) is 2.46. The van der Waals surface area contributed by atoms with E-state index in [9.17, 15) is 4.39 Å². The molecule has 2 rings (SSSR count). The van der Waals surface area contributed by atoms with E-state index >= 15 is 0 Å². The van der Waals surface area contributed by atoms with Gasteiger partial charge in [-0.3, -0.25) is 5.10 Å². The fraction of sp³-hybridized carbons (Fsp3) is 0.364. The molecule has 0 aliphatic carbocycles. The largest absolute Gasteiger partial charge is 0.494 e. The second-order valence-corrected chi connectivity index (χ2v) is 3.77. The maximum atomic E-state index is 13.7. The number of nitrogens with one attached hydrogen (secondary N) is 1. The van der Waals surface area contributed by atoms with E-state index in [4.69, 9.17) is 4.74 Å². The maximum absolute atomic E-state index is 13.7. The van der Waals surface area contributed by atoms with Crippen LogP contribution in [0.15, 0.2) is 12.1 Å². The van der Waals surface area contributed by atoms with Crippen molar-refractivity contribution in [1.29, 1.82) is 0 Å². The number of aromatic nitrogens is 2. The summed E-state index contributed by atoms with van der Waals surface area (Å²) in [5, 5.41) is 7.65. The quantitative estimate of drug-likeness (QED) is 0.824. The van der Waals surface area contributed by atoms with Gasteiger partial charge in [-0.25, -0.2) is 4.39 Å². The smallest absolute Gasteiger partial charge is 0.193 e.